The average Bonchev–Trinajstić information content (AvgIpc) is 2.52. The van der Waals surface area contributed by atoms with Crippen molar-refractivity contribution in [2.75, 3.05) is 7.11 Å². The van der Waals surface area contributed by atoms with Crippen molar-refractivity contribution < 1.29 is 9.47 Å². The monoisotopic (exact) mass is 329 g/mol. The zero-order chi connectivity index (χ0) is 16.7. The third kappa shape index (κ3) is 3.15. The zero-order valence-electron chi connectivity index (χ0n) is 15.3. The molecule has 0 heterocycles. The molecule has 0 amide bonds. The summed E-state index contributed by atoms with van der Waals surface area (Å²) in [6.07, 6.45) is 8.83. The van der Waals surface area contributed by atoms with Gasteiger partial charge in [0.2, 0.25) is 0 Å². The molecule has 4 aliphatic rings. The van der Waals surface area contributed by atoms with Crippen LogP contribution in [0, 0.1) is 17.8 Å². The second-order valence-electron chi connectivity index (χ2n) is 8.70. The van der Waals surface area contributed by atoms with Gasteiger partial charge in [0.15, 0.2) is 11.5 Å². The molecule has 4 saturated carbocycles. The van der Waals surface area contributed by atoms with Gasteiger partial charge in [-0.2, -0.15) is 0 Å². The molecule has 1 aromatic carbocycles. The molecule has 4 bridgehead atoms. The van der Waals surface area contributed by atoms with Crippen molar-refractivity contribution in [2.24, 2.45) is 17.8 Å². The number of rotatable bonds is 6. The van der Waals surface area contributed by atoms with Crippen LogP contribution in [0.4, 0.5) is 0 Å². The number of methoxy groups -OCH3 is 1. The number of hydrogen-bond donors (Lipinski definition) is 1. The molecule has 0 aliphatic heterocycles. The van der Waals surface area contributed by atoms with Crippen LogP contribution >= 0.6 is 0 Å². The van der Waals surface area contributed by atoms with Gasteiger partial charge in [0.1, 0.15) is 0 Å². The van der Waals surface area contributed by atoms with E-state index in [2.05, 4.69) is 23.5 Å². The number of hydrogen-bond acceptors (Lipinski definition) is 3. The summed E-state index contributed by atoms with van der Waals surface area (Å²) in [6, 6.07) is 6.36. The molecule has 1 N–H and O–H groups in total. The van der Waals surface area contributed by atoms with E-state index in [1.807, 2.05) is 13.8 Å². The third-order valence-electron chi connectivity index (χ3n) is 6.30. The Morgan fingerprint density at radius 3 is 2.21 bits per heavy atom. The fourth-order valence-corrected chi connectivity index (χ4v) is 5.79. The molecule has 4 fully saturated rings. The Balaban J connectivity index is 1.44. The Labute approximate surface area is 146 Å². The van der Waals surface area contributed by atoms with E-state index in [0.717, 1.165) is 35.8 Å². The summed E-state index contributed by atoms with van der Waals surface area (Å²) in [4.78, 5) is 0. The van der Waals surface area contributed by atoms with Crippen LogP contribution < -0.4 is 14.8 Å². The van der Waals surface area contributed by atoms with Crippen molar-refractivity contribution >= 4 is 0 Å². The van der Waals surface area contributed by atoms with Crippen LogP contribution in [0.1, 0.15) is 57.9 Å². The standard InChI is InChI=1S/C21H31NO2/c1-14(2)24-19-5-4-15(9-20(19)23-3)13-22-21-10-16-6-17(11-21)8-18(7-16)12-21/h4-5,9,14,16-18,22H,6-8,10-13H2,1-3H3. The normalized spacial score (nSPS) is 33.9. The topological polar surface area (TPSA) is 30.5 Å². The Morgan fingerprint density at radius 1 is 1.04 bits per heavy atom. The summed E-state index contributed by atoms with van der Waals surface area (Å²) in [5.41, 5.74) is 1.70. The summed E-state index contributed by atoms with van der Waals surface area (Å²) >= 11 is 0. The van der Waals surface area contributed by atoms with Crippen molar-refractivity contribution in [1.82, 2.24) is 5.32 Å². The maximum atomic E-state index is 5.82. The highest BCUT2D eigenvalue weighted by Crippen LogP contribution is 2.55. The molecule has 0 radical (unpaired) electrons. The summed E-state index contributed by atoms with van der Waals surface area (Å²) in [5.74, 6) is 4.64. The first-order valence-corrected chi connectivity index (χ1v) is 9.64. The Bertz CT molecular complexity index is 560. The summed E-state index contributed by atoms with van der Waals surface area (Å²) in [6.45, 7) is 5.02. The van der Waals surface area contributed by atoms with Crippen LogP contribution in [0.25, 0.3) is 0 Å². The van der Waals surface area contributed by atoms with Crippen LogP contribution in [-0.4, -0.2) is 18.8 Å². The van der Waals surface area contributed by atoms with Gasteiger partial charge in [0.25, 0.3) is 0 Å². The molecule has 0 spiro atoms. The van der Waals surface area contributed by atoms with Gasteiger partial charge >= 0.3 is 0 Å². The highest BCUT2D eigenvalue weighted by Gasteiger charge is 2.50. The highest BCUT2D eigenvalue weighted by molar-refractivity contribution is 5.43. The minimum atomic E-state index is 0.162. The van der Waals surface area contributed by atoms with Crippen molar-refractivity contribution in [3.63, 3.8) is 0 Å². The van der Waals surface area contributed by atoms with E-state index in [1.54, 1.807) is 7.11 Å². The van der Waals surface area contributed by atoms with Gasteiger partial charge in [-0.1, -0.05) is 6.07 Å². The molecular weight excluding hydrogens is 298 g/mol. The van der Waals surface area contributed by atoms with E-state index >= 15 is 0 Å². The molecular formula is C21H31NO2. The predicted molar refractivity (Wildman–Crippen MR) is 96.5 cm³/mol. The molecule has 3 heteroatoms. The van der Waals surface area contributed by atoms with E-state index in [4.69, 9.17) is 9.47 Å². The molecule has 4 aliphatic carbocycles. The first kappa shape index (κ1) is 16.3. The lowest BCUT2D eigenvalue weighted by Crippen LogP contribution is -2.58. The fraction of sp³-hybridized carbons (Fsp3) is 0.714. The third-order valence-corrected chi connectivity index (χ3v) is 6.30. The second kappa shape index (κ2) is 6.25. The molecule has 24 heavy (non-hydrogen) atoms. The largest absolute Gasteiger partial charge is 0.493 e. The maximum absolute atomic E-state index is 5.82. The van der Waals surface area contributed by atoms with Crippen LogP contribution in [0.5, 0.6) is 11.5 Å². The Hall–Kier alpha value is -1.22. The van der Waals surface area contributed by atoms with Crippen LogP contribution in [0.15, 0.2) is 18.2 Å². The molecule has 5 rings (SSSR count). The molecule has 0 saturated heterocycles. The molecule has 0 atom stereocenters. The second-order valence-corrected chi connectivity index (χ2v) is 8.70. The minimum absolute atomic E-state index is 0.162. The van der Waals surface area contributed by atoms with Crippen molar-refractivity contribution in [3.05, 3.63) is 23.8 Å². The SMILES string of the molecule is COc1cc(CNC23CC4CC(CC(C4)C2)C3)ccc1OC(C)C. The Morgan fingerprint density at radius 2 is 1.67 bits per heavy atom. The van der Waals surface area contributed by atoms with Gasteiger partial charge in [-0.15, -0.1) is 0 Å². The van der Waals surface area contributed by atoms with Crippen LogP contribution in [0.3, 0.4) is 0 Å². The van der Waals surface area contributed by atoms with Crippen LogP contribution in [-0.2, 0) is 6.54 Å². The van der Waals surface area contributed by atoms with Crippen molar-refractivity contribution in [3.8, 4) is 11.5 Å². The lowest BCUT2D eigenvalue weighted by atomic mass is 9.53. The Kier molecular flexibility index (Phi) is 4.24. The maximum Gasteiger partial charge on any atom is 0.161 e. The lowest BCUT2D eigenvalue weighted by molar-refractivity contribution is -0.0206. The van der Waals surface area contributed by atoms with Crippen LogP contribution in [0.2, 0.25) is 0 Å². The molecule has 0 unspecified atom stereocenters. The van der Waals surface area contributed by atoms with E-state index in [1.165, 1.54) is 44.1 Å². The fourth-order valence-electron chi connectivity index (χ4n) is 5.79. The summed E-state index contributed by atoms with van der Waals surface area (Å²) in [5, 5.41) is 3.96. The number of nitrogens with one attached hydrogen (secondary N) is 1. The highest BCUT2D eigenvalue weighted by atomic mass is 16.5. The molecule has 1 aromatic rings. The summed E-state index contributed by atoms with van der Waals surface area (Å²) < 4.78 is 11.4. The zero-order valence-corrected chi connectivity index (χ0v) is 15.3. The first-order valence-electron chi connectivity index (χ1n) is 9.64. The van der Waals surface area contributed by atoms with Gasteiger partial charge in [-0.05, 0) is 87.8 Å². The molecule has 132 valence electrons. The van der Waals surface area contributed by atoms with Gasteiger partial charge in [0.05, 0.1) is 13.2 Å². The predicted octanol–water partition coefficient (Wildman–Crippen LogP) is 4.54. The van der Waals surface area contributed by atoms with E-state index in [9.17, 15) is 0 Å². The average molecular weight is 329 g/mol. The van der Waals surface area contributed by atoms with Gasteiger partial charge in [-0.25, -0.2) is 0 Å². The van der Waals surface area contributed by atoms with Crippen molar-refractivity contribution in [1.29, 1.82) is 0 Å². The smallest absolute Gasteiger partial charge is 0.161 e. The minimum Gasteiger partial charge on any atom is -0.493 e. The van der Waals surface area contributed by atoms with E-state index < -0.39 is 0 Å². The van der Waals surface area contributed by atoms with Crippen molar-refractivity contribution in [2.45, 2.75) is 70.6 Å². The molecule has 3 nitrogen and oxygen atoms in total. The number of ether oxygens (including phenoxy) is 2. The summed E-state index contributed by atoms with van der Waals surface area (Å²) in [7, 11) is 1.72. The number of benzene rings is 1. The van der Waals surface area contributed by atoms with E-state index in [-0.39, 0.29) is 6.10 Å². The molecule has 0 aromatic heterocycles. The van der Waals surface area contributed by atoms with Gasteiger partial charge in [-0.3, -0.25) is 0 Å². The quantitative estimate of drug-likeness (QED) is 0.831. The first-order chi connectivity index (χ1) is 11.5. The van der Waals surface area contributed by atoms with E-state index in [0.29, 0.717) is 5.54 Å². The van der Waals surface area contributed by atoms with Gasteiger partial charge < -0.3 is 14.8 Å². The lowest BCUT2D eigenvalue weighted by Gasteiger charge is -2.57. The van der Waals surface area contributed by atoms with Gasteiger partial charge in [0, 0.05) is 12.1 Å².